The Hall–Kier alpha value is -1.59. The zero-order chi connectivity index (χ0) is 17.8. The summed E-state index contributed by atoms with van der Waals surface area (Å²) in [7, 11) is 4.22. The number of hydrogen-bond acceptors (Lipinski definition) is 3. The molecule has 0 radical (unpaired) electrons. The molecule has 5 nitrogen and oxygen atoms in total. The van der Waals surface area contributed by atoms with E-state index < -0.39 is 6.10 Å². The number of benzene rings is 1. The van der Waals surface area contributed by atoms with Gasteiger partial charge >= 0.3 is 6.03 Å². The van der Waals surface area contributed by atoms with Crippen LogP contribution in [0.25, 0.3) is 0 Å². The van der Waals surface area contributed by atoms with E-state index in [0.29, 0.717) is 12.1 Å². The molecule has 1 heterocycles. The second kappa shape index (κ2) is 8.19. The van der Waals surface area contributed by atoms with Gasteiger partial charge in [0.2, 0.25) is 0 Å². The molecule has 138 valence electrons. The lowest BCUT2D eigenvalue weighted by atomic mass is 9.87. The van der Waals surface area contributed by atoms with E-state index in [1.54, 1.807) is 0 Å². The van der Waals surface area contributed by atoms with Gasteiger partial charge in [0.05, 0.1) is 6.10 Å². The predicted octanol–water partition coefficient (Wildman–Crippen LogP) is 2.62. The van der Waals surface area contributed by atoms with E-state index in [4.69, 9.17) is 0 Å². The van der Waals surface area contributed by atoms with E-state index in [1.807, 2.05) is 35.2 Å². The van der Waals surface area contributed by atoms with Crippen LogP contribution in [0.2, 0.25) is 0 Å². The molecular weight excluding hydrogens is 314 g/mol. The molecule has 2 amide bonds. The minimum Gasteiger partial charge on any atom is -0.388 e. The van der Waals surface area contributed by atoms with Crippen LogP contribution in [-0.4, -0.2) is 60.2 Å². The number of carbonyl (C=O) groups is 1. The molecule has 1 aromatic rings. The van der Waals surface area contributed by atoms with E-state index in [2.05, 4.69) is 24.3 Å². The average Bonchev–Trinajstić information content (AvgIpc) is 3.11. The Bertz CT molecular complexity index is 555. The van der Waals surface area contributed by atoms with Crippen LogP contribution in [0.3, 0.4) is 0 Å². The molecule has 1 aliphatic carbocycles. The lowest BCUT2D eigenvalue weighted by Crippen LogP contribution is -2.48. The summed E-state index contributed by atoms with van der Waals surface area (Å²) in [5.74, 6) is 0.232. The van der Waals surface area contributed by atoms with E-state index in [0.717, 1.165) is 50.8 Å². The van der Waals surface area contributed by atoms with Crippen molar-refractivity contribution < 1.29 is 9.90 Å². The van der Waals surface area contributed by atoms with Gasteiger partial charge in [-0.15, -0.1) is 0 Å². The molecule has 3 rings (SSSR count). The number of nitrogens with one attached hydrogen (secondary N) is 1. The van der Waals surface area contributed by atoms with Crippen LogP contribution >= 0.6 is 0 Å². The quantitative estimate of drug-likeness (QED) is 0.882. The van der Waals surface area contributed by atoms with Gasteiger partial charge < -0.3 is 20.2 Å². The van der Waals surface area contributed by atoms with Gasteiger partial charge in [-0.05, 0) is 57.7 Å². The lowest BCUT2D eigenvalue weighted by Gasteiger charge is -2.35. The first kappa shape index (κ1) is 18.2. The summed E-state index contributed by atoms with van der Waals surface area (Å²) in [6.45, 7) is 1.45. The maximum absolute atomic E-state index is 12.5. The summed E-state index contributed by atoms with van der Waals surface area (Å²) in [4.78, 5) is 16.7. The molecule has 0 spiro atoms. The zero-order valence-corrected chi connectivity index (χ0v) is 15.4. The molecule has 1 saturated carbocycles. The van der Waals surface area contributed by atoms with Crippen molar-refractivity contribution in [2.75, 3.05) is 27.2 Å². The third kappa shape index (κ3) is 4.53. The topological polar surface area (TPSA) is 55.8 Å². The summed E-state index contributed by atoms with van der Waals surface area (Å²) in [6, 6.07) is 10.8. The van der Waals surface area contributed by atoms with E-state index in [9.17, 15) is 9.90 Å². The van der Waals surface area contributed by atoms with Crippen molar-refractivity contribution in [1.82, 2.24) is 15.1 Å². The van der Waals surface area contributed by atoms with Crippen molar-refractivity contribution >= 4 is 6.03 Å². The number of aliphatic hydroxyl groups is 1. The number of piperidine rings is 1. The zero-order valence-electron chi connectivity index (χ0n) is 15.4. The van der Waals surface area contributed by atoms with Gasteiger partial charge in [-0.3, -0.25) is 0 Å². The SMILES string of the molecule is CN(C)C1CCC(NC(=O)N2CCC(C(O)c3ccccc3)CC2)C1. The van der Waals surface area contributed by atoms with E-state index in [1.165, 1.54) is 0 Å². The van der Waals surface area contributed by atoms with Crippen LogP contribution < -0.4 is 5.32 Å². The molecule has 3 unspecified atom stereocenters. The van der Waals surface area contributed by atoms with Gasteiger partial charge in [-0.1, -0.05) is 30.3 Å². The third-order valence-electron chi connectivity index (χ3n) is 5.88. The van der Waals surface area contributed by atoms with E-state index in [-0.39, 0.29) is 11.9 Å². The second-order valence-corrected chi connectivity index (χ2v) is 7.76. The Balaban J connectivity index is 1.45. The molecule has 5 heteroatoms. The van der Waals surface area contributed by atoms with Gasteiger partial charge in [0.1, 0.15) is 0 Å². The maximum Gasteiger partial charge on any atom is 0.317 e. The fourth-order valence-electron chi connectivity index (χ4n) is 4.16. The molecule has 0 bridgehead atoms. The number of carbonyl (C=O) groups excluding carboxylic acids is 1. The Kier molecular flexibility index (Phi) is 5.97. The smallest absolute Gasteiger partial charge is 0.317 e. The normalized spacial score (nSPS) is 26.0. The van der Waals surface area contributed by atoms with Gasteiger partial charge in [0.25, 0.3) is 0 Å². The fourth-order valence-corrected chi connectivity index (χ4v) is 4.16. The maximum atomic E-state index is 12.5. The van der Waals surface area contributed by atoms with Gasteiger partial charge in [-0.25, -0.2) is 4.79 Å². The summed E-state index contributed by atoms with van der Waals surface area (Å²) in [5.41, 5.74) is 0.978. The van der Waals surface area contributed by atoms with Gasteiger partial charge in [-0.2, -0.15) is 0 Å². The standard InChI is InChI=1S/C20H31N3O2/c1-22(2)18-9-8-17(14-18)21-20(25)23-12-10-16(11-13-23)19(24)15-6-4-3-5-7-15/h3-7,16-19,24H,8-14H2,1-2H3,(H,21,25). The number of nitrogens with zero attached hydrogens (tertiary/aromatic N) is 2. The highest BCUT2D eigenvalue weighted by molar-refractivity contribution is 5.74. The minimum absolute atomic E-state index is 0.0667. The van der Waals surface area contributed by atoms with Crippen molar-refractivity contribution in [3.05, 3.63) is 35.9 Å². The highest BCUT2D eigenvalue weighted by Crippen LogP contribution is 2.30. The first-order valence-corrected chi connectivity index (χ1v) is 9.49. The number of aliphatic hydroxyl groups excluding tert-OH is 1. The molecule has 1 saturated heterocycles. The van der Waals surface area contributed by atoms with Crippen LogP contribution in [0.15, 0.2) is 30.3 Å². The van der Waals surface area contributed by atoms with Crippen LogP contribution in [0.1, 0.15) is 43.8 Å². The predicted molar refractivity (Wildman–Crippen MR) is 99.3 cm³/mol. The summed E-state index contributed by atoms with van der Waals surface area (Å²) >= 11 is 0. The molecule has 2 aliphatic rings. The minimum atomic E-state index is -0.429. The number of hydrogen-bond donors (Lipinski definition) is 2. The van der Waals surface area contributed by atoms with E-state index >= 15 is 0 Å². The molecule has 25 heavy (non-hydrogen) atoms. The summed E-state index contributed by atoms with van der Waals surface area (Å²) in [6.07, 6.45) is 4.55. The van der Waals surface area contributed by atoms with Crippen molar-refractivity contribution in [2.24, 2.45) is 5.92 Å². The van der Waals surface area contributed by atoms with Crippen LogP contribution in [0.5, 0.6) is 0 Å². The molecule has 2 fully saturated rings. The van der Waals surface area contributed by atoms with Crippen LogP contribution in [0.4, 0.5) is 4.79 Å². The Morgan fingerprint density at radius 2 is 1.84 bits per heavy atom. The number of urea groups is 1. The monoisotopic (exact) mass is 345 g/mol. The molecule has 0 aromatic heterocycles. The van der Waals surface area contributed by atoms with Crippen molar-refractivity contribution in [3.63, 3.8) is 0 Å². The van der Waals surface area contributed by atoms with Crippen molar-refractivity contribution in [3.8, 4) is 0 Å². The summed E-state index contributed by atoms with van der Waals surface area (Å²) < 4.78 is 0. The first-order chi connectivity index (χ1) is 12.0. The third-order valence-corrected chi connectivity index (χ3v) is 5.88. The number of rotatable bonds is 4. The highest BCUT2D eigenvalue weighted by Gasteiger charge is 2.31. The average molecular weight is 345 g/mol. The molecule has 1 aliphatic heterocycles. The Morgan fingerprint density at radius 1 is 1.16 bits per heavy atom. The first-order valence-electron chi connectivity index (χ1n) is 9.49. The highest BCUT2D eigenvalue weighted by atomic mass is 16.3. The molecule has 2 N–H and O–H groups in total. The Labute approximate surface area is 151 Å². The van der Waals surface area contributed by atoms with Crippen LogP contribution in [0, 0.1) is 5.92 Å². The van der Waals surface area contributed by atoms with Gasteiger partial charge in [0.15, 0.2) is 0 Å². The Morgan fingerprint density at radius 3 is 2.44 bits per heavy atom. The molecular formula is C20H31N3O2. The van der Waals surface area contributed by atoms with Gasteiger partial charge in [0, 0.05) is 25.2 Å². The van der Waals surface area contributed by atoms with Crippen LogP contribution in [-0.2, 0) is 0 Å². The second-order valence-electron chi connectivity index (χ2n) is 7.76. The van der Waals surface area contributed by atoms with Crippen molar-refractivity contribution in [1.29, 1.82) is 0 Å². The fraction of sp³-hybridized carbons (Fsp3) is 0.650. The number of amides is 2. The van der Waals surface area contributed by atoms with Crippen molar-refractivity contribution in [2.45, 2.75) is 50.3 Å². The summed E-state index contributed by atoms with van der Waals surface area (Å²) in [5, 5.41) is 13.8. The molecule has 1 aromatic carbocycles. The largest absolute Gasteiger partial charge is 0.388 e. The lowest BCUT2D eigenvalue weighted by molar-refractivity contribution is 0.0661. The molecule has 3 atom stereocenters. The number of likely N-dealkylation sites (tertiary alicyclic amines) is 1.